The van der Waals surface area contributed by atoms with Gasteiger partial charge in [-0.3, -0.25) is 4.90 Å². The molecule has 1 aliphatic rings. The standard InChI is InChI=1S/C20H23ClFN3O/c1-14-2-7-17(22)12-19(14)24-20(26)23-18-8-10-25(11-9-18)13-15-3-5-16(21)6-4-15/h2-7,12,18H,8-11,13H2,1H3,(H2,23,24,26). The molecule has 0 unspecified atom stereocenters. The molecule has 2 N–H and O–H groups in total. The molecule has 2 amide bonds. The molecule has 1 fully saturated rings. The summed E-state index contributed by atoms with van der Waals surface area (Å²) in [6.07, 6.45) is 1.78. The maximum absolute atomic E-state index is 13.3. The van der Waals surface area contributed by atoms with Crippen molar-refractivity contribution in [2.24, 2.45) is 0 Å². The van der Waals surface area contributed by atoms with Crippen LogP contribution in [0.5, 0.6) is 0 Å². The van der Waals surface area contributed by atoms with Crippen LogP contribution in [0.2, 0.25) is 5.02 Å². The Morgan fingerprint density at radius 3 is 2.58 bits per heavy atom. The van der Waals surface area contributed by atoms with Crippen LogP contribution in [0, 0.1) is 12.7 Å². The van der Waals surface area contributed by atoms with Crippen molar-refractivity contribution in [3.05, 3.63) is 64.4 Å². The molecule has 0 bridgehead atoms. The number of piperidine rings is 1. The first-order valence-corrected chi connectivity index (χ1v) is 9.18. The molecule has 138 valence electrons. The van der Waals surface area contributed by atoms with Gasteiger partial charge in [-0.25, -0.2) is 9.18 Å². The number of aryl methyl sites for hydroxylation is 1. The Kier molecular flexibility index (Phi) is 6.12. The fraction of sp³-hybridized carbons (Fsp3) is 0.350. The fourth-order valence-electron chi connectivity index (χ4n) is 3.16. The van der Waals surface area contributed by atoms with Gasteiger partial charge in [0.1, 0.15) is 5.82 Å². The molecule has 2 aromatic carbocycles. The molecule has 1 saturated heterocycles. The van der Waals surface area contributed by atoms with Crippen molar-refractivity contribution >= 4 is 23.3 Å². The average Bonchev–Trinajstić information content (AvgIpc) is 2.62. The molecular weight excluding hydrogens is 353 g/mol. The van der Waals surface area contributed by atoms with Crippen molar-refractivity contribution in [1.82, 2.24) is 10.2 Å². The molecule has 1 aliphatic heterocycles. The SMILES string of the molecule is Cc1ccc(F)cc1NC(=O)NC1CCN(Cc2ccc(Cl)cc2)CC1. The minimum Gasteiger partial charge on any atom is -0.335 e. The number of rotatable bonds is 4. The Bertz CT molecular complexity index is 758. The molecule has 4 nitrogen and oxygen atoms in total. The highest BCUT2D eigenvalue weighted by atomic mass is 35.5. The summed E-state index contributed by atoms with van der Waals surface area (Å²) in [5, 5.41) is 6.47. The molecule has 0 radical (unpaired) electrons. The van der Waals surface area contributed by atoms with E-state index in [1.54, 1.807) is 6.07 Å². The largest absolute Gasteiger partial charge is 0.335 e. The Morgan fingerprint density at radius 2 is 1.88 bits per heavy atom. The summed E-state index contributed by atoms with van der Waals surface area (Å²) in [6, 6.07) is 12.1. The zero-order valence-electron chi connectivity index (χ0n) is 14.8. The lowest BCUT2D eigenvalue weighted by Crippen LogP contribution is -2.45. The summed E-state index contributed by atoms with van der Waals surface area (Å²) in [6.45, 7) is 4.57. The highest BCUT2D eigenvalue weighted by Crippen LogP contribution is 2.18. The van der Waals surface area contributed by atoms with E-state index in [-0.39, 0.29) is 17.9 Å². The first-order chi connectivity index (χ1) is 12.5. The third-order valence-corrected chi connectivity index (χ3v) is 4.94. The first-order valence-electron chi connectivity index (χ1n) is 8.80. The van der Waals surface area contributed by atoms with Crippen molar-refractivity contribution < 1.29 is 9.18 Å². The van der Waals surface area contributed by atoms with Crippen LogP contribution in [0.15, 0.2) is 42.5 Å². The van der Waals surface area contributed by atoms with Gasteiger partial charge in [0.05, 0.1) is 0 Å². The number of benzene rings is 2. The summed E-state index contributed by atoms with van der Waals surface area (Å²) in [5.41, 5.74) is 2.57. The van der Waals surface area contributed by atoms with E-state index in [1.807, 2.05) is 31.2 Å². The van der Waals surface area contributed by atoms with Gasteiger partial charge in [-0.2, -0.15) is 0 Å². The number of nitrogens with one attached hydrogen (secondary N) is 2. The maximum Gasteiger partial charge on any atom is 0.319 e. The van der Waals surface area contributed by atoms with Gasteiger partial charge < -0.3 is 10.6 Å². The van der Waals surface area contributed by atoms with Crippen molar-refractivity contribution in [3.8, 4) is 0 Å². The van der Waals surface area contributed by atoms with Crippen LogP contribution in [0.4, 0.5) is 14.9 Å². The lowest BCUT2D eigenvalue weighted by molar-refractivity contribution is 0.190. The molecule has 0 saturated carbocycles. The number of likely N-dealkylation sites (tertiary alicyclic amines) is 1. The van der Waals surface area contributed by atoms with Gasteiger partial charge in [-0.05, 0) is 55.2 Å². The van der Waals surface area contributed by atoms with Gasteiger partial charge in [0, 0.05) is 36.4 Å². The van der Waals surface area contributed by atoms with Crippen LogP contribution >= 0.6 is 11.6 Å². The number of halogens is 2. The molecule has 2 aromatic rings. The zero-order valence-corrected chi connectivity index (χ0v) is 15.5. The first kappa shape index (κ1) is 18.7. The Hall–Kier alpha value is -2.11. The van der Waals surface area contributed by atoms with Gasteiger partial charge >= 0.3 is 6.03 Å². The minimum absolute atomic E-state index is 0.130. The molecule has 26 heavy (non-hydrogen) atoms. The van der Waals surface area contributed by atoms with E-state index >= 15 is 0 Å². The van der Waals surface area contributed by atoms with Crippen LogP contribution in [0.1, 0.15) is 24.0 Å². The van der Waals surface area contributed by atoms with Gasteiger partial charge in [0.2, 0.25) is 0 Å². The summed E-state index contributed by atoms with van der Waals surface area (Å²) in [5.74, 6) is -0.360. The molecular formula is C20H23ClFN3O. The maximum atomic E-state index is 13.3. The molecule has 1 heterocycles. The number of hydrogen-bond donors (Lipinski definition) is 2. The van der Waals surface area contributed by atoms with Crippen LogP contribution in [-0.4, -0.2) is 30.1 Å². The highest BCUT2D eigenvalue weighted by molar-refractivity contribution is 6.30. The number of anilines is 1. The second kappa shape index (κ2) is 8.52. The van der Waals surface area contributed by atoms with Crippen molar-refractivity contribution in [2.45, 2.75) is 32.4 Å². The van der Waals surface area contributed by atoms with Crippen LogP contribution in [0.25, 0.3) is 0 Å². The average molecular weight is 376 g/mol. The van der Waals surface area contributed by atoms with Crippen molar-refractivity contribution in [3.63, 3.8) is 0 Å². The Labute approximate surface area is 158 Å². The summed E-state index contributed by atoms with van der Waals surface area (Å²) >= 11 is 5.92. The monoisotopic (exact) mass is 375 g/mol. The second-order valence-electron chi connectivity index (χ2n) is 6.73. The van der Waals surface area contributed by atoms with Crippen molar-refractivity contribution in [2.75, 3.05) is 18.4 Å². The summed E-state index contributed by atoms with van der Waals surface area (Å²) in [7, 11) is 0. The van der Waals surface area contributed by atoms with Gasteiger partial charge in [-0.1, -0.05) is 29.8 Å². The summed E-state index contributed by atoms with van der Waals surface area (Å²) < 4.78 is 13.3. The molecule has 6 heteroatoms. The normalized spacial score (nSPS) is 15.7. The number of carbonyl (C=O) groups is 1. The number of urea groups is 1. The van der Waals surface area contributed by atoms with E-state index in [2.05, 4.69) is 15.5 Å². The second-order valence-corrected chi connectivity index (χ2v) is 7.17. The summed E-state index contributed by atoms with van der Waals surface area (Å²) in [4.78, 5) is 14.5. The highest BCUT2D eigenvalue weighted by Gasteiger charge is 2.21. The van der Waals surface area contributed by atoms with Crippen LogP contribution < -0.4 is 10.6 Å². The van der Waals surface area contributed by atoms with Gasteiger partial charge in [0.25, 0.3) is 0 Å². The van der Waals surface area contributed by atoms with Crippen LogP contribution in [-0.2, 0) is 6.54 Å². The number of hydrogen-bond acceptors (Lipinski definition) is 2. The number of amides is 2. The topological polar surface area (TPSA) is 44.4 Å². The van der Waals surface area contributed by atoms with Crippen LogP contribution in [0.3, 0.4) is 0 Å². The quantitative estimate of drug-likeness (QED) is 0.821. The molecule has 0 aliphatic carbocycles. The number of carbonyl (C=O) groups excluding carboxylic acids is 1. The lowest BCUT2D eigenvalue weighted by atomic mass is 10.0. The van der Waals surface area contributed by atoms with E-state index in [9.17, 15) is 9.18 Å². The lowest BCUT2D eigenvalue weighted by Gasteiger charge is -2.32. The van der Waals surface area contributed by atoms with E-state index in [4.69, 9.17) is 11.6 Å². The zero-order chi connectivity index (χ0) is 18.5. The van der Waals surface area contributed by atoms with E-state index in [1.165, 1.54) is 17.7 Å². The Morgan fingerprint density at radius 1 is 1.19 bits per heavy atom. The Balaban J connectivity index is 1.45. The third kappa shape index (κ3) is 5.19. The predicted octanol–water partition coefficient (Wildman–Crippen LogP) is 4.57. The van der Waals surface area contributed by atoms with Crippen molar-refractivity contribution in [1.29, 1.82) is 0 Å². The van der Waals surface area contributed by atoms with E-state index < -0.39 is 0 Å². The fourth-order valence-corrected chi connectivity index (χ4v) is 3.28. The molecule has 0 spiro atoms. The van der Waals surface area contributed by atoms with Gasteiger partial charge in [-0.15, -0.1) is 0 Å². The van der Waals surface area contributed by atoms with E-state index in [0.29, 0.717) is 5.69 Å². The number of nitrogens with zero attached hydrogens (tertiary/aromatic N) is 1. The molecule has 0 atom stereocenters. The van der Waals surface area contributed by atoms with E-state index in [0.717, 1.165) is 43.1 Å². The molecule has 3 rings (SSSR count). The van der Waals surface area contributed by atoms with Gasteiger partial charge in [0.15, 0.2) is 0 Å². The third-order valence-electron chi connectivity index (χ3n) is 4.69. The predicted molar refractivity (Wildman–Crippen MR) is 103 cm³/mol. The molecule has 0 aromatic heterocycles. The minimum atomic E-state index is -0.360. The smallest absolute Gasteiger partial charge is 0.319 e.